The van der Waals surface area contributed by atoms with Crippen LogP contribution in [0.5, 0.6) is 0 Å². The van der Waals surface area contributed by atoms with Gasteiger partial charge in [0.2, 0.25) is 0 Å². The summed E-state index contributed by atoms with van der Waals surface area (Å²) in [5, 5.41) is 3.89. The largest absolute Gasteiger partial charge is 0.368 e. The average Bonchev–Trinajstić information content (AvgIpc) is 3.48. The van der Waals surface area contributed by atoms with Crippen molar-refractivity contribution < 1.29 is 0 Å². The van der Waals surface area contributed by atoms with Gasteiger partial charge in [-0.2, -0.15) is 0 Å². The smallest absolute Gasteiger partial charge is 0.103 e. The zero-order valence-corrected chi connectivity index (χ0v) is 24.6. The Balaban J connectivity index is 1.09. The lowest BCUT2D eigenvalue weighted by atomic mass is 9.99. The highest BCUT2D eigenvalue weighted by atomic mass is 32.2. The molecule has 0 fully saturated rings. The number of thioether (sulfide) groups is 1. The first-order valence-electron chi connectivity index (χ1n) is 14.4. The number of aryl methyl sites for hydroxylation is 2. The number of para-hydroxylation sites is 1. The fourth-order valence-electron chi connectivity index (χ4n) is 5.48. The Kier molecular flexibility index (Phi) is 7.03. The van der Waals surface area contributed by atoms with E-state index in [9.17, 15) is 0 Å². The second kappa shape index (κ2) is 11.3. The van der Waals surface area contributed by atoms with Crippen molar-refractivity contribution in [3.63, 3.8) is 0 Å². The minimum atomic E-state index is 0.259. The van der Waals surface area contributed by atoms with E-state index in [1.165, 1.54) is 49.5 Å². The zero-order chi connectivity index (χ0) is 28.5. The molecule has 0 saturated heterocycles. The van der Waals surface area contributed by atoms with Gasteiger partial charge in [0.05, 0.1) is 0 Å². The van der Waals surface area contributed by atoms with Crippen molar-refractivity contribution in [2.45, 2.75) is 24.1 Å². The van der Waals surface area contributed by atoms with Crippen LogP contribution in [0.2, 0.25) is 0 Å². The number of hydrogen-bond donors (Lipinski definition) is 1. The Morgan fingerprint density at radius 1 is 0.476 bits per heavy atom. The first-order valence-corrected chi connectivity index (χ1v) is 15.3. The number of nitrogens with one attached hydrogen (secondary N) is 1. The molecule has 42 heavy (non-hydrogen) atoms. The monoisotopic (exact) mass is 560 g/mol. The van der Waals surface area contributed by atoms with E-state index in [2.05, 4.69) is 170 Å². The van der Waals surface area contributed by atoms with E-state index in [1.54, 1.807) is 0 Å². The summed E-state index contributed by atoms with van der Waals surface area (Å²) in [6, 6.07) is 52.7. The van der Waals surface area contributed by atoms with Crippen LogP contribution in [0.25, 0.3) is 22.3 Å². The van der Waals surface area contributed by atoms with Crippen LogP contribution in [0.1, 0.15) is 22.1 Å². The fraction of sp³-hybridized carbons (Fsp3) is 0.0769. The predicted molar refractivity (Wildman–Crippen MR) is 180 cm³/mol. The van der Waals surface area contributed by atoms with E-state index in [0.717, 1.165) is 17.1 Å². The van der Waals surface area contributed by atoms with Gasteiger partial charge >= 0.3 is 0 Å². The molecule has 0 spiro atoms. The maximum Gasteiger partial charge on any atom is 0.103 e. The number of hydrogen-bond acceptors (Lipinski definition) is 3. The summed E-state index contributed by atoms with van der Waals surface area (Å²) in [5.41, 5.74) is 13.3. The number of benzene rings is 6. The van der Waals surface area contributed by atoms with Gasteiger partial charge in [0.15, 0.2) is 0 Å². The molecule has 6 aromatic rings. The third-order valence-electron chi connectivity index (χ3n) is 7.89. The highest BCUT2D eigenvalue weighted by molar-refractivity contribution is 8.00. The molecule has 0 bridgehead atoms. The first-order chi connectivity index (χ1) is 20.6. The Morgan fingerprint density at radius 3 is 1.36 bits per heavy atom. The Labute approximate surface area is 252 Å². The van der Waals surface area contributed by atoms with Crippen LogP contribution in [0, 0.1) is 13.8 Å². The van der Waals surface area contributed by atoms with Crippen molar-refractivity contribution in [1.82, 2.24) is 0 Å². The molecule has 1 heterocycles. The maximum atomic E-state index is 3.63. The molecule has 0 aromatic heterocycles. The maximum absolute atomic E-state index is 3.63. The van der Waals surface area contributed by atoms with Crippen molar-refractivity contribution in [3.05, 3.63) is 162 Å². The number of rotatable bonds is 6. The lowest BCUT2D eigenvalue weighted by Crippen LogP contribution is -2.09. The molecule has 1 aliphatic rings. The molecule has 0 radical (unpaired) electrons. The van der Waals surface area contributed by atoms with Crippen LogP contribution in [-0.2, 0) is 0 Å². The van der Waals surface area contributed by atoms with Gasteiger partial charge in [-0.15, -0.1) is 0 Å². The Hall–Kier alpha value is -4.73. The predicted octanol–water partition coefficient (Wildman–Crippen LogP) is 11.3. The van der Waals surface area contributed by atoms with Gasteiger partial charge in [-0.3, -0.25) is 0 Å². The van der Waals surface area contributed by atoms with E-state index in [4.69, 9.17) is 0 Å². The topological polar surface area (TPSA) is 15.3 Å². The molecular formula is C39H32N2S. The van der Waals surface area contributed by atoms with E-state index in [1.807, 2.05) is 11.8 Å². The summed E-state index contributed by atoms with van der Waals surface area (Å²) < 4.78 is 0. The van der Waals surface area contributed by atoms with Crippen molar-refractivity contribution in [1.29, 1.82) is 0 Å². The van der Waals surface area contributed by atoms with Crippen LogP contribution in [0.4, 0.5) is 22.7 Å². The summed E-state index contributed by atoms with van der Waals surface area (Å²) in [4.78, 5) is 3.63. The number of anilines is 4. The third-order valence-corrected chi connectivity index (χ3v) is 9.13. The standard InChI is InChI=1S/C39H32N2S/c1-27-7-21-34(22-8-27)41(35-23-9-28(2)10-24-35)36-25-19-32(20-26-36)30-13-11-29(12-14-30)31-15-17-33(18-16-31)39-40-37-5-3-4-6-38(37)42-39/h3-26,39-40H,1-2H3. The van der Waals surface area contributed by atoms with Gasteiger partial charge in [0.25, 0.3) is 0 Å². The van der Waals surface area contributed by atoms with Crippen molar-refractivity contribution in [2.75, 3.05) is 10.2 Å². The summed E-state index contributed by atoms with van der Waals surface area (Å²) in [5.74, 6) is 0. The minimum absolute atomic E-state index is 0.259. The normalized spacial score (nSPS) is 13.8. The van der Waals surface area contributed by atoms with Crippen LogP contribution >= 0.6 is 11.8 Å². The molecule has 1 N–H and O–H groups in total. The van der Waals surface area contributed by atoms with Crippen molar-refractivity contribution in [2.24, 2.45) is 0 Å². The van der Waals surface area contributed by atoms with E-state index >= 15 is 0 Å². The molecule has 1 aliphatic heterocycles. The molecule has 0 amide bonds. The molecule has 3 heteroatoms. The summed E-state index contributed by atoms with van der Waals surface area (Å²) >= 11 is 1.88. The Bertz CT molecular complexity index is 1740. The summed E-state index contributed by atoms with van der Waals surface area (Å²) in [7, 11) is 0. The quantitative estimate of drug-likeness (QED) is 0.218. The summed E-state index contributed by atoms with van der Waals surface area (Å²) in [6.45, 7) is 4.25. The highest BCUT2D eigenvalue weighted by Gasteiger charge is 2.22. The zero-order valence-electron chi connectivity index (χ0n) is 23.8. The van der Waals surface area contributed by atoms with Gasteiger partial charge in [0.1, 0.15) is 5.37 Å². The summed E-state index contributed by atoms with van der Waals surface area (Å²) in [6.07, 6.45) is 0. The van der Waals surface area contributed by atoms with E-state index in [-0.39, 0.29) is 5.37 Å². The second-order valence-electron chi connectivity index (χ2n) is 10.9. The average molecular weight is 561 g/mol. The molecule has 2 nitrogen and oxygen atoms in total. The molecule has 1 unspecified atom stereocenters. The molecule has 6 aromatic carbocycles. The first kappa shape index (κ1) is 26.2. The SMILES string of the molecule is Cc1ccc(N(c2ccc(C)cc2)c2ccc(-c3ccc(-c4ccc(C5Nc6ccccc6S5)cc4)cc3)cc2)cc1. The van der Waals surface area contributed by atoms with Crippen LogP contribution in [0.15, 0.2) is 150 Å². The molecule has 0 aliphatic carbocycles. The van der Waals surface area contributed by atoms with Crippen molar-refractivity contribution >= 4 is 34.5 Å². The molecule has 204 valence electrons. The number of nitrogens with zero attached hydrogens (tertiary/aromatic N) is 1. The van der Waals surface area contributed by atoms with Gasteiger partial charge in [-0.25, -0.2) is 0 Å². The van der Waals surface area contributed by atoms with Gasteiger partial charge in [-0.05, 0) is 90.2 Å². The van der Waals surface area contributed by atoms with Crippen LogP contribution in [-0.4, -0.2) is 0 Å². The van der Waals surface area contributed by atoms with Crippen LogP contribution < -0.4 is 10.2 Å². The number of fused-ring (bicyclic) bond motifs is 1. The molecular weight excluding hydrogens is 529 g/mol. The molecule has 0 saturated carbocycles. The highest BCUT2D eigenvalue weighted by Crippen LogP contribution is 2.46. The third kappa shape index (κ3) is 5.32. The fourth-order valence-corrected chi connectivity index (χ4v) is 6.63. The Morgan fingerprint density at radius 2 is 0.881 bits per heavy atom. The van der Waals surface area contributed by atoms with Gasteiger partial charge in [0, 0.05) is 27.6 Å². The van der Waals surface area contributed by atoms with Crippen molar-refractivity contribution in [3.8, 4) is 22.3 Å². The van der Waals surface area contributed by atoms with Crippen LogP contribution in [0.3, 0.4) is 0 Å². The second-order valence-corrected chi connectivity index (χ2v) is 12.0. The minimum Gasteiger partial charge on any atom is -0.368 e. The van der Waals surface area contributed by atoms with Gasteiger partial charge in [-0.1, -0.05) is 120 Å². The van der Waals surface area contributed by atoms with Gasteiger partial charge < -0.3 is 10.2 Å². The lowest BCUT2D eigenvalue weighted by Gasteiger charge is -2.26. The lowest BCUT2D eigenvalue weighted by molar-refractivity contribution is 1.13. The van der Waals surface area contributed by atoms with E-state index in [0.29, 0.717) is 0 Å². The molecule has 7 rings (SSSR count). The van der Waals surface area contributed by atoms with E-state index < -0.39 is 0 Å². The molecule has 1 atom stereocenters.